The van der Waals surface area contributed by atoms with Crippen molar-refractivity contribution in [3.8, 4) is 0 Å². The second-order valence-electron chi connectivity index (χ2n) is 3.74. The lowest BCUT2D eigenvalue weighted by molar-refractivity contribution is -0.145. The summed E-state index contributed by atoms with van der Waals surface area (Å²) in [5.41, 5.74) is 1.05. The summed E-state index contributed by atoms with van der Waals surface area (Å²) >= 11 is 2.25. The first-order valence-electron chi connectivity index (χ1n) is 5.62. The van der Waals surface area contributed by atoms with Crippen LogP contribution in [0.5, 0.6) is 0 Å². The van der Waals surface area contributed by atoms with Gasteiger partial charge in [0, 0.05) is 9.99 Å². The molecule has 3 heteroatoms. The second kappa shape index (κ2) is 7.65. The van der Waals surface area contributed by atoms with Crippen molar-refractivity contribution in [1.29, 1.82) is 0 Å². The van der Waals surface area contributed by atoms with Gasteiger partial charge in [0.2, 0.25) is 0 Å². The molecule has 1 aromatic carbocycles. The van der Waals surface area contributed by atoms with Crippen molar-refractivity contribution in [3.05, 3.63) is 33.4 Å². The van der Waals surface area contributed by atoms with Gasteiger partial charge in [0.1, 0.15) is 6.61 Å². The Hall–Kier alpha value is -0.580. The molecule has 1 rings (SSSR count). The summed E-state index contributed by atoms with van der Waals surface area (Å²) in [7, 11) is 0. The van der Waals surface area contributed by atoms with E-state index in [-0.39, 0.29) is 5.97 Å². The largest absolute Gasteiger partial charge is 0.461 e. The molecule has 0 unspecified atom stereocenters. The summed E-state index contributed by atoms with van der Waals surface area (Å²) in [6, 6.07) is 8.00. The molecule has 0 atom stereocenters. The van der Waals surface area contributed by atoms with Crippen LogP contribution in [0.1, 0.15) is 38.2 Å². The highest BCUT2D eigenvalue weighted by Crippen LogP contribution is 2.08. The van der Waals surface area contributed by atoms with Gasteiger partial charge in [0.05, 0.1) is 0 Å². The van der Waals surface area contributed by atoms with Gasteiger partial charge in [-0.2, -0.15) is 0 Å². The maximum atomic E-state index is 11.3. The average molecular weight is 332 g/mol. The highest BCUT2D eigenvalue weighted by molar-refractivity contribution is 14.1. The highest BCUT2D eigenvalue weighted by atomic mass is 127. The molecule has 2 nitrogen and oxygen atoms in total. The van der Waals surface area contributed by atoms with E-state index in [0.29, 0.717) is 13.0 Å². The van der Waals surface area contributed by atoms with Crippen molar-refractivity contribution in [2.45, 2.75) is 39.2 Å². The Bertz CT molecular complexity index is 319. The molecule has 0 aliphatic carbocycles. The number of carbonyl (C=O) groups excluding carboxylic acids is 1. The first kappa shape index (κ1) is 13.5. The first-order chi connectivity index (χ1) is 7.72. The van der Waals surface area contributed by atoms with Gasteiger partial charge >= 0.3 is 5.97 Å². The molecular formula is C13H17IO2. The van der Waals surface area contributed by atoms with E-state index >= 15 is 0 Å². The summed E-state index contributed by atoms with van der Waals surface area (Å²) in [5.74, 6) is -0.0907. The quantitative estimate of drug-likeness (QED) is 0.448. The zero-order valence-electron chi connectivity index (χ0n) is 9.54. The summed E-state index contributed by atoms with van der Waals surface area (Å²) in [6.45, 7) is 2.51. The molecule has 0 radical (unpaired) electrons. The van der Waals surface area contributed by atoms with Crippen LogP contribution < -0.4 is 0 Å². The number of halogens is 1. The number of rotatable bonds is 6. The van der Waals surface area contributed by atoms with Crippen LogP contribution >= 0.6 is 22.6 Å². The van der Waals surface area contributed by atoms with Gasteiger partial charge in [0.15, 0.2) is 0 Å². The van der Waals surface area contributed by atoms with E-state index in [1.807, 2.05) is 24.3 Å². The van der Waals surface area contributed by atoms with Crippen molar-refractivity contribution >= 4 is 28.6 Å². The Morgan fingerprint density at radius 1 is 1.25 bits per heavy atom. The van der Waals surface area contributed by atoms with Gasteiger partial charge in [-0.1, -0.05) is 31.9 Å². The average Bonchev–Trinajstić information content (AvgIpc) is 2.29. The van der Waals surface area contributed by atoms with Crippen LogP contribution in [0.3, 0.4) is 0 Å². The number of unbranched alkanes of at least 4 members (excludes halogenated alkanes) is 2. The molecule has 1 aromatic rings. The SMILES string of the molecule is CCCCCC(=O)OCc1ccc(I)cc1. The molecule has 0 bridgehead atoms. The summed E-state index contributed by atoms with van der Waals surface area (Å²) < 4.78 is 6.36. The number of carbonyl (C=O) groups is 1. The van der Waals surface area contributed by atoms with Crippen molar-refractivity contribution in [2.75, 3.05) is 0 Å². The Labute approximate surface area is 111 Å². The van der Waals surface area contributed by atoms with Crippen LogP contribution in [0.4, 0.5) is 0 Å². The number of hydrogen-bond acceptors (Lipinski definition) is 2. The fourth-order valence-corrected chi connectivity index (χ4v) is 1.70. The Morgan fingerprint density at radius 2 is 1.94 bits per heavy atom. The lowest BCUT2D eigenvalue weighted by Crippen LogP contribution is -2.04. The smallest absolute Gasteiger partial charge is 0.306 e. The fourth-order valence-electron chi connectivity index (χ4n) is 1.34. The third-order valence-electron chi connectivity index (χ3n) is 2.30. The number of ether oxygens (including phenoxy) is 1. The van der Waals surface area contributed by atoms with E-state index in [1.54, 1.807) is 0 Å². The second-order valence-corrected chi connectivity index (χ2v) is 4.99. The zero-order valence-corrected chi connectivity index (χ0v) is 11.7. The standard InChI is InChI=1S/C13H17IO2/c1-2-3-4-5-13(15)16-10-11-6-8-12(14)9-7-11/h6-9H,2-5,10H2,1H3. The van der Waals surface area contributed by atoms with Gasteiger partial charge in [-0.05, 0) is 46.7 Å². The van der Waals surface area contributed by atoms with Crippen LogP contribution in [0.15, 0.2) is 24.3 Å². The number of benzene rings is 1. The Kier molecular flexibility index (Phi) is 6.45. The van der Waals surface area contributed by atoms with E-state index in [1.165, 1.54) is 3.57 Å². The van der Waals surface area contributed by atoms with Crippen LogP contribution in [0.2, 0.25) is 0 Å². The van der Waals surface area contributed by atoms with E-state index in [2.05, 4.69) is 29.5 Å². The fraction of sp³-hybridized carbons (Fsp3) is 0.462. The Morgan fingerprint density at radius 3 is 2.56 bits per heavy atom. The van der Waals surface area contributed by atoms with Crippen molar-refractivity contribution in [3.63, 3.8) is 0 Å². The molecule has 0 heterocycles. The molecule has 0 fully saturated rings. The predicted octanol–water partition coefficient (Wildman–Crippen LogP) is 3.91. The maximum Gasteiger partial charge on any atom is 0.306 e. The van der Waals surface area contributed by atoms with Crippen LogP contribution in [0, 0.1) is 3.57 Å². The van der Waals surface area contributed by atoms with E-state index in [0.717, 1.165) is 24.8 Å². The first-order valence-corrected chi connectivity index (χ1v) is 6.70. The van der Waals surface area contributed by atoms with Gasteiger partial charge in [0.25, 0.3) is 0 Å². The summed E-state index contributed by atoms with van der Waals surface area (Å²) in [5, 5.41) is 0. The lowest BCUT2D eigenvalue weighted by Gasteiger charge is -2.04. The van der Waals surface area contributed by atoms with Crippen LogP contribution in [0.25, 0.3) is 0 Å². The third-order valence-corrected chi connectivity index (χ3v) is 3.02. The molecule has 0 aliphatic rings. The molecule has 0 saturated heterocycles. The highest BCUT2D eigenvalue weighted by Gasteiger charge is 2.02. The minimum absolute atomic E-state index is 0.0907. The maximum absolute atomic E-state index is 11.3. The molecule has 0 spiro atoms. The minimum Gasteiger partial charge on any atom is -0.461 e. The molecule has 0 amide bonds. The molecule has 0 aromatic heterocycles. The third kappa shape index (κ3) is 5.49. The topological polar surface area (TPSA) is 26.3 Å². The van der Waals surface area contributed by atoms with Crippen LogP contribution in [-0.2, 0) is 16.1 Å². The molecule has 0 aliphatic heterocycles. The summed E-state index contributed by atoms with van der Waals surface area (Å²) in [4.78, 5) is 11.3. The van der Waals surface area contributed by atoms with Gasteiger partial charge in [-0.3, -0.25) is 4.79 Å². The molecule has 0 N–H and O–H groups in total. The molecule has 0 saturated carbocycles. The predicted molar refractivity (Wildman–Crippen MR) is 73.1 cm³/mol. The van der Waals surface area contributed by atoms with Crippen molar-refractivity contribution in [2.24, 2.45) is 0 Å². The van der Waals surface area contributed by atoms with Crippen LogP contribution in [-0.4, -0.2) is 5.97 Å². The van der Waals surface area contributed by atoms with E-state index in [9.17, 15) is 4.79 Å². The Balaban J connectivity index is 2.23. The van der Waals surface area contributed by atoms with Crippen molar-refractivity contribution in [1.82, 2.24) is 0 Å². The van der Waals surface area contributed by atoms with E-state index < -0.39 is 0 Å². The van der Waals surface area contributed by atoms with Gasteiger partial charge in [-0.15, -0.1) is 0 Å². The van der Waals surface area contributed by atoms with E-state index in [4.69, 9.17) is 4.74 Å². The molecule has 88 valence electrons. The summed E-state index contributed by atoms with van der Waals surface area (Å²) in [6.07, 6.45) is 3.70. The zero-order chi connectivity index (χ0) is 11.8. The monoisotopic (exact) mass is 332 g/mol. The number of esters is 1. The van der Waals surface area contributed by atoms with Gasteiger partial charge in [-0.25, -0.2) is 0 Å². The molecule has 16 heavy (non-hydrogen) atoms. The number of hydrogen-bond donors (Lipinski definition) is 0. The normalized spacial score (nSPS) is 10.1. The van der Waals surface area contributed by atoms with Gasteiger partial charge < -0.3 is 4.74 Å². The minimum atomic E-state index is -0.0907. The van der Waals surface area contributed by atoms with Crippen molar-refractivity contribution < 1.29 is 9.53 Å². The lowest BCUT2D eigenvalue weighted by atomic mass is 10.2. The molecular weight excluding hydrogens is 315 g/mol.